The van der Waals surface area contributed by atoms with Crippen molar-refractivity contribution in [1.29, 1.82) is 0 Å². The van der Waals surface area contributed by atoms with E-state index in [-0.39, 0.29) is 11.9 Å². The lowest BCUT2D eigenvalue weighted by Crippen LogP contribution is -2.12. The Balaban J connectivity index is 1.35. The van der Waals surface area contributed by atoms with E-state index in [1.807, 2.05) is 48.7 Å². The van der Waals surface area contributed by atoms with Gasteiger partial charge in [0.05, 0.1) is 16.4 Å². The van der Waals surface area contributed by atoms with Gasteiger partial charge < -0.3 is 4.74 Å². The molecule has 0 atom stereocenters. The molecule has 0 aliphatic rings. The van der Waals surface area contributed by atoms with Crippen LogP contribution in [0.25, 0.3) is 0 Å². The van der Waals surface area contributed by atoms with Crippen LogP contribution in [0.2, 0.25) is 10.0 Å². The average Bonchev–Trinajstić information content (AvgIpc) is 3.40. The summed E-state index contributed by atoms with van der Waals surface area (Å²) in [5, 5.41) is 10.1. The van der Waals surface area contributed by atoms with E-state index < -0.39 is 0 Å². The van der Waals surface area contributed by atoms with E-state index in [9.17, 15) is 4.79 Å². The summed E-state index contributed by atoms with van der Waals surface area (Å²) in [7, 11) is 0. The number of anilines is 1. The minimum absolute atomic E-state index is 0.231. The first-order chi connectivity index (χ1) is 15.0. The average molecular weight is 473 g/mol. The van der Waals surface area contributed by atoms with Gasteiger partial charge in [-0.25, -0.2) is 9.67 Å². The van der Waals surface area contributed by atoms with Crippen LogP contribution in [-0.4, -0.2) is 20.7 Å². The van der Waals surface area contributed by atoms with Crippen molar-refractivity contribution < 1.29 is 9.53 Å². The van der Waals surface area contributed by atoms with Gasteiger partial charge in [0, 0.05) is 10.6 Å². The number of nitrogens with one attached hydrogen (secondary N) is 1. The highest BCUT2D eigenvalue weighted by Crippen LogP contribution is 2.27. The van der Waals surface area contributed by atoms with E-state index in [0.717, 1.165) is 16.7 Å². The standard InChI is InChI=1S/C22H18Cl2N4O2S/c1-14-6-7-18(24)19(8-14)30-11-15-9-20(31-12-15)21(29)26-22-25-13-28(27-22)10-16-4-2-3-5-17(16)23/h2-9,12-13H,10-11H2,1H3,(H,26,27,29). The second-order valence-electron chi connectivity index (χ2n) is 6.85. The highest BCUT2D eigenvalue weighted by atomic mass is 35.5. The first kappa shape index (κ1) is 21.4. The molecule has 0 aliphatic heterocycles. The summed E-state index contributed by atoms with van der Waals surface area (Å²) < 4.78 is 7.41. The molecule has 0 saturated heterocycles. The summed E-state index contributed by atoms with van der Waals surface area (Å²) in [5.74, 6) is 0.572. The largest absolute Gasteiger partial charge is 0.487 e. The Morgan fingerprint density at radius 1 is 1.16 bits per heavy atom. The monoisotopic (exact) mass is 472 g/mol. The van der Waals surface area contributed by atoms with Crippen molar-refractivity contribution in [2.24, 2.45) is 0 Å². The number of hydrogen-bond acceptors (Lipinski definition) is 5. The van der Waals surface area contributed by atoms with E-state index in [1.54, 1.807) is 23.1 Å². The predicted molar refractivity (Wildman–Crippen MR) is 123 cm³/mol. The van der Waals surface area contributed by atoms with Gasteiger partial charge in [-0.15, -0.1) is 16.4 Å². The number of thiophene rings is 1. The number of halogens is 2. The maximum atomic E-state index is 12.5. The lowest BCUT2D eigenvalue weighted by molar-refractivity contribution is 0.102. The van der Waals surface area contributed by atoms with Crippen LogP contribution in [0.4, 0.5) is 5.95 Å². The van der Waals surface area contributed by atoms with Crippen LogP contribution in [0.1, 0.15) is 26.4 Å². The summed E-state index contributed by atoms with van der Waals surface area (Å²) in [6.45, 7) is 2.75. The summed E-state index contributed by atoms with van der Waals surface area (Å²) in [4.78, 5) is 17.2. The third kappa shape index (κ3) is 5.44. The van der Waals surface area contributed by atoms with Crippen LogP contribution in [0.15, 0.2) is 60.2 Å². The lowest BCUT2D eigenvalue weighted by Gasteiger charge is -2.07. The second kappa shape index (κ2) is 9.51. The minimum atomic E-state index is -0.277. The zero-order valence-corrected chi connectivity index (χ0v) is 18.8. The number of aryl methyl sites for hydroxylation is 1. The van der Waals surface area contributed by atoms with E-state index in [4.69, 9.17) is 27.9 Å². The first-order valence-corrected chi connectivity index (χ1v) is 11.0. The van der Waals surface area contributed by atoms with Gasteiger partial charge in [-0.1, -0.05) is 47.5 Å². The van der Waals surface area contributed by atoms with Gasteiger partial charge in [0.1, 0.15) is 18.7 Å². The van der Waals surface area contributed by atoms with Crippen LogP contribution < -0.4 is 10.1 Å². The molecule has 4 aromatic rings. The molecule has 0 radical (unpaired) electrons. The third-order valence-electron chi connectivity index (χ3n) is 4.41. The Kier molecular flexibility index (Phi) is 6.56. The van der Waals surface area contributed by atoms with Gasteiger partial charge in [-0.3, -0.25) is 10.1 Å². The quantitative estimate of drug-likeness (QED) is 0.367. The van der Waals surface area contributed by atoms with E-state index in [1.165, 1.54) is 11.3 Å². The lowest BCUT2D eigenvalue weighted by atomic mass is 10.2. The molecule has 158 valence electrons. The molecule has 1 N–H and O–H groups in total. The Morgan fingerprint density at radius 2 is 2.00 bits per heavy atom. The molecule has 2 aromatic heterocycles. The number of carbonyl (C=O) groups excluding carboxylic acids is 1. The molecule has 2 heterocycles. The zero-order chi connectivity index (χ0) is 21.8. The summed E-state index contributed by atoms with van der Waals surface area (Å²) in [5.41, 5.74) is 2.86. The molecule has 0 unspecified atom stereocenters. The molecule has 4 rings (SSSR count). The Labute approximate surface area is 193 Å². The Hall–Kier alpha value is -2.87. The van der Waals surface area contributed by atoms with E-state index in [2.05, 4.69) is 15.4 Å². The minimum Gasteiger partial charge on any atom is -0.487 e. The third-order valence-corrected chi connectivity index (χ3v) is 6.07. The molecule has 0 fully saturated rings. The Morgan fingerprint density at radius 3 is 2.84 bits per heavy atom. The molecule has 0 spiro atoms. The van der Waals surface area contributed by atoms with Crippen LogP contribution >= 0.6 is 34.5 Å². The summed E-state index contributed by atoms with van der Waals surface area (Å²) >= 11 is 13.7. The SMILES string of the molecule is Cc1ccc(Cl)c(OCc2csc(C(=O)Nc3ncn(Cc4ccccc4Cl)n3)c2)c1. The van der Waals surface area contributed by atoms with Crippen molar-refractivity contribution in [3.05, 3.63) is 91.9 Å². The molecule has 9 heteroatoms. The van der Waals surface area contributed by atoms with Gasteiger partial charge >= 0.3 is 0 Å². The predicted octanol–water partition coefficient (Wildman–Crippen LogP) is 5.83. The first-order valence-electron chi connectivity index (χ1n) is 9.38. The van der Waals surface area contributed by atoms with Crippen molar-refractivity contribution in [1.82, 2.24) is 14.8 Å². The molecule has 0 saturated carbocycles. The van der Waals surface area contributed by atoms with Crippen molar-refractivity contribution in [3.63, 3.8) is 0 Å². The summed E-state index contributed by atoms with van der Waals surface area (Å²) in [6.07, 6.45) is 1.55. The van der Waals surface area contributed by atoms with Gasteiger partial charge in [0.2, 0.25) is 5.95 Å². The number of amides is 1. The number of nitrogens with zero attached hydrogens (tertiary/aromatic N) is 3. The van der Waals surface area contributed by atoms with Crippen LogP contribution in [0.3, 0.4) is 0 Å². The number of ether oxygens (including phenoxy) is 1. The molecular weight excluding hydrogens is 455 g/mol. The van der Waals surface area contributed by atoms with Gasteiger partial charge in [0.25, 0.3) is 5.91 Å². The normalized spacial score (nSPS) is 10.8. The maximum absolute atomic E-state index is 12.5. The van der Waals surface area contributed by atoms with Gasteiger partial charge in [-0.2, -0.15) is 0 Å². The van der Waals surface area contributed by atoms with Crippen molar-refractivity contribution >= 4 is 46.4 Å². The fraction of sp³-hybridized carbons (Fsp3) is 0.136. The smallest absolute Gasteiger partial charge is 0.268 e. The molecule has 0 bridgehead atoms. The van der Waals surface area contributed by atoms with Crippen molar-refractivity contribution in [2.75, 3.05) is 5.32 Å². The maximum Gasteiger partial charge on any atom is 0.268 e. The fourth-order valence-corrected chi connectivity index (χ4v) is 4.00. The molecule has 1 amide bonds. The number of carbonyl (C=O) groups is 1. The highest BCUT2D eigenvalue weighted by Gasteiger charge is 2.13. The van der Waals surface area contributed by atoms with Gasteiger partial charge in [-0.05, 0) is 47.7 Å². The molecule has 31 heavy (non-hydrogen) atoms. The molecule has 6 nitrogen and oxygen atoms in total. The van der Waals surface area contributed by atoms with Crippen molar-refractivity contribution in [2.45, 2.75) is 20.1 Å². The number of hydrogen-bond donors (Lipinski definition) is 1. The zero-order valence-electron chi connectivity index (χ0n) is 16.5. The van der Waals surface area contributed by atoms with E-state index >= 15 is 0 Å². The van der Waals surface area contributed by atoms with Crippen LogP contribution in [0, 0.1) is 6.92 Å². The fourth-order valence-electron chi connectivity index (χ4n) is 2.85. The second-order valence-corrected chi connectivity index (χ2v) is 8.58. The molecular formula is C22H18Cl2N4O2S. The summed E-state index contributed by atoms with van der Waals surface area (Å²) in [6, 6.07) is 14.9. The Bertz CT molecular complexity index is 1220. The van der Waals surface area contributed by atoms with Gasteiger partial charge in [0.15, 0.2) is 0 Å². The molecule has 0 aliphatic carbocycles. The van der Waals surface area contributed by atoms with Crippen molar-refractivity contribution in [3.8, 4) is 5.75 Å². The van der Waals surface area contributed by atoms with Crippen LogP contribution in [0.5, 0.6) is 5.75 Å². The number of rotatable bonds is 7. The number of aromatic nitrogens is 3. The van der Waals surface area contributed by atoms with Crippen LogP contribution in [-0.2, 0) is 13.2 Å². The molecule has 2 aromatic carbocycles. The highest BCUT2D eigenvalue weighted by molar-refractivity contribution is 7.12. The van der Waals surface area contributed by atoms with E-state index in [0.29, 0.717) is 33.8 Å². The topological polar surface area (TPSA) is 69.0 Å². The number of benzene rings is 2.